The molecule has 0 radical (unpaired) electrons. The molecular weight excluding hydrogens is 288 g/mol. The number of hydrogen-bond acceptors (Lipinski definition) is 3. The minimum absolute atomic E-state index is 0.0281. The summed E-state index contributed by atoms with van der Waals surface area (Å²) in [5.41, 5.74) is 0.783. The Bertz CT molecular complexity index is 626. The molecule has 2 aliphatic heterocycles. The monoisotopic (exact) mass is 312 g/mol. The highest BCUT2D eigenvalue weighted by Crippen LogP contribution is 2.25. The molecule has 4 heteroatoms. The average molecular weight is 312 g/mol. The number of hydrogen-bond donors (Lipinski definition) is 1. The predicted octanol–water partition coefficient (Wildman–Crippen LogP) is 2.08. The zero-order valence-electron chi connectivity index (χ0n) is 13.7. The van der Waals surface area contributed by atoms with E-state index in [1.807, 2.05) is 13.1 Å². The number of rotatable bonds is 2. The number of phenols is 1. The summed E-state index contributed by atoms with van der Waals surface area (Å²) in [6, 6.07) is 6.90. The SMILES string of the molecule is CN1C(=O)C(CN2CCCCC2)CC1C#Cc1cccc(O)c1. The Hall–Kier alpha value is -1.99. The number of piperidine rings is 1. The smallest absolute Gasteiger partial charge is 0.227 e. The van der Waals surface area contributed by atoms with E-state index in [0.717, 1.165) is 31.6 Å². The van der Waals surface area contributed by atoms with Crippen molar-refractivity contribution in [3.63, 3.8) is 0 Å². The maximum atomic E-state index is 12.4. The lowest BCUT2D eigenvalue weighted by molar-refractivity contribution is -0.130. The summed E-state index contributed by atoms with van der Waals surface area (Å²) in [4.78, 5) is 16.7. The highest BCUT2D eigenvalue weighted by atomic mass is 16.3. The second-order valence-electron chi connectivity index (χ2n) is 6.58. The van der Waals surface area contributed by atoms with Crippen LogP contribution in [0.3, 0.4) is 0 Å². The quantitative estimate of drug-likeness (QED) is 0.850. The Balaban J connectivity index is 1.64. The van der Waals surface area contributed by atoms with Crippen LogP contribution in [0.25, 0.3) is 0 Å². The molecule has 1 N–H and O–H groups in total. The van der Waals surface area contributed by atoms with Gasteiger partial charge in [-0.25, -0.2) is 0 Å². The van der Waals surface area contributed by atoms with Crippen molar-refractivity contribution in [2.24, 2.45) is 5.92 Å². The molecule has 23 heavy (non-hydrogen) atoms. The molecule has 2 saturated heterocycles. The number of carbonyl (C=O) groups is 1. The van der Waals surface area contributed by atoms with Gasteiger partial charge in [0.05, 0.1) is 12.0 Å². The van der Waals surface area contributed by atoms with Crippen LogP contribution < -0.4 is 0 Å². The number of phenolic OH excluding ortho intramolecular Hbond substituents is 1. The third-order valence-electron chi connectivity index (χ3n) is 4.83. The van der Waals surface area contributed by atoms with Crippen LogP contribution in [0.2, 0.25) is 0 Å². The Morgan fingerprint density at radius 3 is 2.78 bits per heavy atom. The molecule has 1 aromatic carbocycles. The van der Waals surface area contributed by atoms with Crippen molar-refractivity contribution in [3.05, 3.63) is 29.8 Å². The number of nitrogens with zero attached hydrogens (tertiary/aromatic N) is 2. The zero-order valence-corrected chi connectivity index (χ0v) is 13.7. The lowest BCUT2D eigenvalue weighted by Crippen LogP contribution is -2.37. The van der Waals surface area contributed by atoms with E-state index >= 15 is 0 Å². The van der Waals surface area contributed by atoms with Gasteiger partial charge in [-0.2, -0.15) is 0 Å². The fourth-order valence-electron chi connectivity index (χ4n) is 3.48. The van der Waals surface area contributed by atoms with Gasteiger partial charge in [-0.05, 0) is 50.6 Å². The molecule has 4 nitrogen and oxygen atoms in total. The summed E-state index contributed by atoms with van der Waals surface area (Å²) in [7, 11) is 1.85. The van der Waals surface area contributed by atoms with E-state index in [-0.39, 0.29) is 23.6 Å². The first-order valence-corrected chi connectivity index (χ1v) is 8.43. The zero-order chi connectivity index (χ0) is 16.2. The van der Waals surface area contributed by atoms with Gasteiger partial charge in [0.25, 0.3) is 0 Å². The molecule has 2 aliphatic rings. The van der Waals surface area contributed by atoms with E-state index in [9.17, 15) is 9.90 Å². The summed E-state index contributed by atoms with van der Waals surface area (Å²) in [5.74, 6) is 6.79. The lowest BCUT2D eigenvalue weighted by atomic mass is 10.0. The molecule has 1 amide bonds. The van der Waals surface area contributed by atoms with Crippen molar-refractivity contribution in [1.82, 2.24) is 9.80 Å². The van der Waals surface area contributed by atoms with Crippen molar-refractivity contribution in [1.29, 1.82) is 0 Å². The van der Waals surface area contributed by atoms with Crippen molar-refractivity contribution >= 4 is 5.91 Å². The van der Waals surface area contributed by atoms with Crippen LogP contribution in [-0.4, -0.2) is 53.5 Å². The molecule has 2 heterocycles. The fraction of sp³-hybridized carbons (Fsp3) is 0.526. The van der Waals surface area contributed by atoms with Crippen LogP contribution in [0, 0.1) is 17.8 Å². The fourth-order valence-corrected chi connectivity index (χ4v) is 3.48. The molecule has 1 aromatic rings. The molecule has 0 aromatic heterocycles. The van der Waals surface area contributed by atoms with Gasteiger partial charge in [0.2, 0.25) is 5.91 Å². The molecule has 2 unspecified atom stereocenters. The summed E-state index contributed by atoms with van der Waals surface area (Å²) < 4.78 is 0. The second kappa shape index (κ2) is 7.06. The van der Waals surface area contributed by atoms with E-state index in [2.05, 4.69) is 16.7 Å². The molecule has 2 atom stereocenters. The van der Waals surface area contributed by atoms with E-state index in [0.29, 0.717) is 0 Å². The first-order valence-electron chi connectivity index (χ1n) is 8.43. The minimum atomic E-state index is -0.0281. The normalized spacial score (nSPS) is 25.3. The Kier molecular flexibility index (Phi) is 4.88. The second-order valence-corrected chi connectivity index (χ2v) is 6.58. The van der Waals surface area contributed by atoms with Crippen LogP contribution in [-0.2, 0) is 4.79 Å². The van der Waals surface area contributed by atoms with E-state index < -0.39 is 0 Å². The molecule has 122 valence electrons. The summed E-state index contributed by atoms with van der Waals surface area (Å²) in [6.07, 6.45) is 4.61. The van der Waals surface area contributed by atoms with Gasteiger partial charge in [0, 0.05) is 19.2 Å². The van der Waals surface area contributed by atoms with Gasteiger partial charge >= 0.3 is 0 Å². The van der Waals surface area contributed by atoms with E-state index in [1.54, 1.807) is 23.1 Å². The van der Waals surface area contributed by atoms with Crippen LogP contribution >= 0.6 is 0 Å². The number of amides is 1. The molecule has 3 rings (SSSR count). The van der Waals surface area contributed by atoms with Gasteiger partial charge in [0.15, 0.2) is 0 Å². The van der Waals surface area contributed by atoms with Crippen molar-refractivity contribution in [3.8, 4) is 17.6 Å². The van der Waals surface area contributed by atoms with Gasteiger partial charge in [0.1, 0.15) is 5.75 Å². The first-order chi connectivity index (χ1) is 11.1. The van der Waals surface area contributed by atoms with Crippen molar-refractivity contribution < 1.29 is 9.90 Å². The van der Waals surface area contributed by atoms with Crippen LogP contribution in [0.5, 0.6) is 5.75 Å². The first kappa shape index (κ1) is 15.9. The van der Waals surface area contributed by atoms with Gasteiger partial charge < -0.3 is 14.9 Å². The molecule has 2 fully saturated rings. The van der Waals surface area contributed by atoms with E-state index in [1.165, 1.54) is 19.3 Å². The number of likely N-dealkylation sites (tertiary alicyclic amines) is 2. The summed E-state index contributed by atoms with van der Waals surface area (Å²) in [6.45, 7) is 3.10. The molecule has 0 saturated carbocycles. The van der Waals surface area contributed by atoms with Gasteiger partial charge in [-0.1, -0.05) is 24.3 Å². The number of benzene rings is 1. The van der Waals surface area contributed by atoms with Crippen molar-refractivity contribution in [2.75, 3.05) is 26.7 Å². The minimum Gasteiger partial charge on any atom is -0.508 e. The molecule has 0 bridgehead atoms. The summed E-state index contributed by atoms with van der Waals surface area (Å²) in [5, 5.41) is 9.49. The topological polar surface area (TPSA) is 43.8 Å². The maximum absolute atomic E-state index is 12.4. The Morgan fingerprint density at radius 1 is 1.26 bits per heavy atom. The standard InChI is InChI=1S/C19H24N2O2/c1-20-17(9-8-15-6-5-7-18(22)12-15)13-16(19(20)23)14-21-10-3-2-4-11-21/h5-7,12,16-17,22H,2-4,10-11,13-14H2,1H3. The Morgan fingerprint density at radius 2 is 2.04 bits per heavy atom. The third-order valence-corrected chi connectivity index (χ3v) is 4.83. The largest absolute Gasteiger partial charge is 0.508 e. The van der Waals surface area contributed by atoms with E-state index in [4.69, 9.17) is 0 Å². The number of carbonyl (C=O) groups excluding carboxylic acids is 1. The van der Waals surface area contributed by atoms with Crippen LogP contribution in [0.4, 0.5) is 0 Å². The summed E-state index contributed by atoms with van der Waals surface area (Å²) >= 11 is 0. The maximum Gasteiger partial charge on any atom is 0.227 e. The van der Waals surface area contributed by atoms with Gasteiger partial charge in [-0.3, -0.25) is 4.79 Å². The highest BCUT2D eigenvalue weighted by Gasteiger charge is 2.37. The van der Waals surface area contributed by atoms with Crippen molar-refractivity contribution in [2.45, 2.75) is 31.7 Å². The highest BCUT2D eigenvalue weighted by molar-refractivity contribution is 5.82. The lowest BCUT2D eigenvalue weighted by Gasteiger charge is -2.28. The third kappa shape index (κ3) is 3.86. The van der Waals surface area contributed by atoms with Crippen LogP contribution in [0.15, 0.2) is 24.3 Å². The average Bonchev–Trinajstić information content (AvgIpc) is 2.82. The Labute approximate surface area is 138 Å². The van der Waals surface area contributed by atoms with Crippen LogP contribution in [0.1, 0.15) is 31.2 Å². The molecule has 0 aliphatic carbocycles. The predicted molar refractivity (Wildman–Crippen MR) is 89.9 cm³/mol. The molecular formula is C19H24N2O2. The number of aromatic hydroxyl groups is 1. The molecule has 0 spiro atoms. The van der Waals surface area contributed by atoms with Gasteiger partial charge in [-0.15, -0.1) is 0 Å².